The number of anilines is 1. The zero-order valence-corrected chi connectivity index (χ0v) is 11.7. The molecule has 1 fully saturated rings. The molecule has 0 N–H and O–H groups in total. The summed E-state index contributed by atoms with van der Waals surface area (Å²) in [5.74, 6) is -2.63. The Kier molecular flexibility index (Phi) is 3.29. The Balaban J connectivity index is 1.91. The van der Waals surface area contributed by atoms with E-state index in [4.69, 9.17) is 11.6 Å². The molecule has 1 aromatic carbocycles. The van der Waals surface area contributed by atoms with E-state index in [1.165, 1.54) is 24.3 Å². The number of imide groups is 1. The monoisotopic (exact) mass is 304 g/mol. The molecule has 0 spiro atoms. The molecule has 0 radical (unpaired) electrons. The summed E-state index contributed by atoms with van der Waals surface area (Å²) < 4.78 is 0. The van der Waals surface area contributed by atoms with Crippen LogP contribution in [-0.2, 0) is 9.59 Å². The Labute approximate surface area is 125 Å². The molecule has 6 heteroatoms. The molecule has 1 heterocycles. The average molecular weight is 305 g/mol. The maximum Gasteiger partial charge on any atom is 0.238 e. The van der Waals surface area contributed by atoms with Gasteiger partial charge in [0.1, 0.15) is 0 Å². The number of fused-ring (bicyclic) bond motifs is 1. The zero-order chi connectivity index (χ0) is 15.1. The van der Waals surface area contributed by atoms with Gasteiger partial charge in [-0.15, -0.1) is 0 Å². The molecule has 21 heavy (non-hydrogen) atoms. The lowest BCUT2D eigenvalue weighted by atomic mass is 9.85. The number of nitrogens with zero attached hydrogens (tertiary/aromatic N) is 1. The minimum absolute atomic E-state index is 0.0000256. The van der Waals surface area contributed by atoms with Crippen LogP contribution in [-0.4, -0.2) is 17.8 Å². The van der Waals surface area contributed by atoms with Gasteiger partial charge in [-0.2, -0.15) is 0 Å². The molecule has 2 aliphatic rings. The highest BCUT2D eigenvalue weighted by atomic mass is 35.5. The molecule has 1 aliphatic heterocycles. The molecule has 2 atom stereocenters. The molecule has 2 amide bonds. The summed E-state index contributed by atoms with van der Waals surface area (Å²) in [7, 11) is 0. The van der Waals surface area contributed by atoms with Crippen molar-refractivity contribution in [3.63, 3.8) is 0 Å². The van der Waals surface area contributed by atoms with Crippen LogP contribution in [0.5, 0.6) is 0 Å². The smallest absolute Gasteiger partial charge is 0.238 e. The number of hydrogen-bond donors (Lipinski definition) is 0. The highest BCUT2D eigenvalue weighted by Crippen LogP contribution is 2.40. The summed E-state index contributed by atoms with van der Waals surface area (Å²) >= 11 is 5.95. The SMILES string of the molecule is O=C([O-])c1ccc(N2C(=O)[C@H]3CC=C(Cl)C[C@@H]3C2=O)cc1. The summed E-state index contributed by atoms with van der Waals surface area (Å²) in [6.07, 6.45) is 2.61. The van der Waals surface area contributed by atoms with Gasteiger partial charge in [-0.3, -0.25) is 14.5 Å². The fraction of sp³-hybridized carbons (Fsp3) is 0.267. The predicted molar refractivity (Wildman–Crippen MR) is 73.4 cm³/mol. The van der Waals surface area contributed by atoms with Crippen LogP contribution in [0.15, 0.2) is 35.4 Å². The molecule has 5 nitrogen and oxygen atoms in total. The summed E-state index contributed by atoms with van der Waals surface area (Å²) in [6, 6.07) is 5.51. The number of amides is 2. The average Bonchev–Trinajstić information content (AvgIpc) is 2.70. The van der Waals surface area contributed by atoms with E-state index < -0.39 is 11.9 Å². The third kappa shape index (κ3) is 2.23. The summed E-state index contributed by atoms with van der Waals surface area (Å²) in [6.45, 7) is 0. The molecular weight excluding hydrogens is 294 g/mol. The van der Waals surface area contributed by atoms with Crippen molar-refractivity contribution in [2.75, 3.05) is 4.90 Å². The van der Waals surface area contributed by atoms with Gasteiger partial charge in [-0.05, 0) is 30.5 Å². The van der Waals surface area contributed by atoms with Crippen molar-refractivity contribution in [3.8, 4) is 0 Å². The van der Waals surface area contributed by atoms with Crippen molar-refractivity contribution < 1.29 is 19.5 Å². The van der Waals surface area contributed by atoms with Gasteiger partial charge in [-0.1, -0.05) is 29.8 Å². The standard InChI is InChI=1S/C15H12ClNO4/c16-9-3-6-11-12(7-9)14(19)17(13(11)18)10-4-1-8(2-5-10)15(20)21/h1-5,11-12H,6-7H2,(H,20,21)/p-1/t11-,12-/m0/s1. The Bertz CT molecular complexity index is 665. The van der Waals surface area contributed by atoms with E-state index in [0.717, 1.165) is 4.90 Å². The number of carbonyl (C=O) groups is 3. The van der Waals surface area contributed by atoms with E-state index in [1.807, 2.05) is 0 Å². The fourth-order valence-corrected chi connectivity index (χ4v) is 3.08. The molecule has 1 aliphatic carbocycles. The van der Waals surface area contributed by atoms with Crippen LogP contribution in [0.25, 0.3) is 0 Å². The second-order valence-corrected chi connectivity index (χ2v) is 5.64. The maximum absolute atomic E-state index is 12.4. The molecule has 1 saturated heterocycles. The van der Waals surface area contributed by atoms with Gasteiger partial charge in [0.25, 0.3) is 0 Å². The van der Waals surface area contributed by atoms with Gasteiger partial charge >= 0.3 is 0 Å². The third-order valence-corrected chi connectivity index (χ3v) is 4.24. The molecule has 0 unspecified atom stereocenters. The third-order valence-electron chi connectivity index (χ3n) is 3.93. The lowest BCUT2D eigenvalue weighted by Crippen LogP contribution is -2.31. The van der Waals surface area contributed by atoms with Gasteiger partial charge < -0.3 is 9.90 Å². The number of benzene rings is 1. The molecule has 0 saturated carbocycles. The number of rotatable bonds is 2. The number of aromatic carboxylic acids is 1. The lowest BCUT2D eigenvalue weighted by Gasteiger charge is -2.17. The zero-order valence-electron chi connectivity index (χ0n) is 10.9. The van der Waals surface area contributed by atoms with Crippen molar-refractivity contribution in [2.24, 2.45) is 11.8 Å². The Morgan fingerprint density at radius 1 is 1.14 bits per heavy atom. The number of hydrogen-bond acceptors (Lipinski definition) is 4. The molecule has 3 rings (SSSR count). The first-order chi connectivity index (χ1) is 9.99. The van der Waals surface area contributed by atoms with Gasteiger partial charge in [0.15, 0.2) is 0 Å². The van der Waals surface area contributed by atoms with Gasteiger partial charge in [0.2, 0.25) is 11.8 Å². The number of halogens is 1. The topological polar surface area (TPSA) is 77.5 Å². The van der Waals surface area contributed by atoms with Crippen LogP contribution in [0.2, 0.25) is 0 Å². The van der Waals surface area contributed by atoms with Crippen molar-refractivity contribution in [3.05, 3.63) is 40.9 Å². The van der Waals surface area contributed by atoms with Crippen molar-refractivity contribution >= 4 is 35.1 Å². The van der Waals surface area contributed by atoms with E-state index >= 15 is 0 Å². The minimum Gasteiger partial charge on any atom is -0.545 e. The van der Waals surface area contributed by atoms with Crippen LogP contribution in [0.4, 0.5) is 5.69 Å². The lowest BCUT2D eigenvalue weighted by molar-refractivity contribution is -0.255. The van der Waals surface area contributed by atoms with Crippen molar-refractivity contribution in [2.45, 2.75) is 12.8 Å². The Hall–Kier alpha value is -2.14. The quantitative estimate of drug-likeness (QED) is 0.766. The van der Waals surface area contributed by atoms with Crippen LogP contribution in [0, 0.1) is 11.8 Å². The number of carbonyl (C=O) groups excluding carboxylic acids is 3. The predicted octanol–water partition coefficient (Wildman–Crippen LogP) is 1.07. The first-order valence-corrected chi connectivity index (χ1v) is 6.90. The highest BCUT2D eigenvalue weighted by Gasteiger charge is 2.48. The number of allylic oxidation sites excluding steroid dienone is 2. The Morgan fingerprint density at radius 3 is 2.38 bits per heavy atom. The maximum atomic E-state index is 12.4. The summed E-state index contributed by atoms with van der Waals surface area (Å²) in [5.41, 5.74) is 0.375. The van der Waals surface area contributed by atoms with Gasteiger partial charge in [0.05, 0.1) is 23.5 Å². The van der Waals surface area contributed by atoms with E-state index in [-0.39, 0.29) is 23.3 Å². The second kappa shape index (κ2) is 5.00. The molecule has 0 aromatic heterocycles. The fourth-order valence-electron chi connectivity index (χ4n) is 2.83. The van der Waals surface area contributed by atoms with Gasteiger partial charge in [0, 0.05) is 5.03 Å². The van der Waals surface area contributed by atoms with E-state index in [1.54, 1.807) is 6.08 Å². The normalized spacial score (nSPS) is 24.8. The van der Waals surface area contributed by atoms with E-state index in [0.29, 0.717) is 23.6 Å². The summed E-state index contributed by atoms with van der Waals surface area (Å²) in [5, 5.41) is 11.3. The van der Waals surface area contributed by atoms with Crippen LogP contribution >= 0.6 is 11.6 Å². The summed E-state index contributed by atoms with van der Waals surface area (Å²) in [4.78, 5) is 36.6. The van der Waals surface area contributed by atoms with Crippen molar-refractivity contribution in [1.82, 2.24) is 0 Å². The van der Waals surface area contributed by atoms with E-state index in [9.17, 15) is 19.5 Å². The van der Waals surface area contributed by atoms with Gasteiger partial charge in [-0.25, -0.2) is 0 Å². The van der Waals surface area contributed by atoms with Crippen LogP contribution in [0.3, 0.4) is 0 Å². The number of carboxylic acid groups (broad SMARTS) is 1. The molecule has 1 aromatic rings. The van der Waals surface area contributed by atoms with Crippen LogP contribution in [0.1, 0.15) is 23.2 Å². The molecule has 0 bridgehead atoms. The first-order valence-electron chi connectivity index (χ1n) is 6.53. The molecular formula is C15H11ClNO4-. The number of carboxylic acids is 1. The Morgan fingerprint density at radius 2 is 1.76 bits per heavy atom. The minimum atomic E-state index is -1.30. The largest absolute Gasteiger partial charge is 0.545 e. The van der Waals surface area contributed by atoms with E-state index in [2.05, 4.69) is 0 Å². The van der Waals surface area contributed by atoms with Crippen LogP contribution < -0.4 is 10.0 Å². The highest BCUT2D eigenvalue weighted by molar-refractivity contribution is 6.30. The molecule has 108 valence electrons. The second-order valence-electron chi connectivity index (χ2n) is 5.15. The van der Waals surface area contributed by atoms with Crippen molar-refractivity contribution in [1.29, 1.82) is 0 Å². The first kappa shape index (κ1) is 13.8.